The van der Waals surface area contributed by atoms with Gasteiger partial charge in [-0.05, 0) is 41.8 Å². The Balaban J connectivity index is 1.56. The average molecular weight is 489 g/mol. The van der Waals surface area contributed by atoms with Gasteiger partial charge in [0, 0.05) is 17.0 Å². The van der Waals surface area contributed by atoms with Gasteiger partial charge in [-0.1, -0.05) is 78.9 Å². The van der Waals surface area contributed by atoms with E-state index in [4.69, 9.17) is 14.5 Å². The van der Waals surface area contributed by atoms with Crippen LogP contribution in [0.1, 0.15) is 27.5 Å². The van der Waals surface area contributed by atoms with E-state index in [2.05, 4.69) is 17.4 Å². The molecule has 0 aliphatic rings. The van der Waals surface area contributed by atoms with Crippen LogP contribution in [0.4, 0.5) is 0 Å². The van der Waals surface area contributed by atoms with Crippen molar-refractivity contribution in [2.24, 2.45) is 0 Å². The van der Waals surface area contributed by atoms with Crippen molar-refractivity contribution in [3.8, 4) is 22.8 Å². The molecule has 1 atom stereocenters. The third kappa shape index (κ3) is 5.31. The molecule has 0 saturated heterocycles. The van der Waals surface area contributed by atoms with Gasteiger partial charge in [0.15, 0.2) is 0 Å². The summed E-state index contributed by atoms with van der Waals surface area (Å²) in [6, 6.07) is 35.2. The second-order valence-electron chi connectivity index (χ2n) is 8.76. The summed E-state index contributed by atoms with van der Waals surface area (Å²) < 4.78 is 11.0. The molecule has 5 nitrogen and oxygen atoms in total. The molecule has 5 heteroatoms. The van der Waals surface area contributed by atoms with Gasteiger partial charge in [-0.2, -0.15) is 0 Å². The molecule has 0 saturated carbocycles. The van der Waals surface area contributed by atoms with Gasteiger partial charge in [0.05, 0.1) is 37.0 Å². The third-order valence-electron chi connectivity index (χ3n) is 6.44. The third-order valence-corrected chi connectivity index (χ3v) is 6.44. The molecule has 0 fully saturated rings. The first-order valence-corrected chi connectivity index (χ1v) is 12.2. The number of amides is 1. The summed E-state index contributed by atoms with van der Waals surface area (Å²) in [4.78, 5) is 18.7. The van der Waals surface area contributed by atoms with Gasteiger partial charge in [0.2, 0.25) is 0 Å². The Morgan fingerprint density at radius 3 is 2.24 bits per heavy atom. The molecule has 0 radical (unpaired) electrons. The fourth-order valence-corrected chi connectivity index (χ4v) is 4.53. The minimum absolute atomic E-state index is 0.155. The van der Waals surface area contributed by atoms with Crippen LogP contribution in [0, 0.1) is 0 Å². The molecule has 5 aromatic rings. The van der Waals surface area contributed by atoms with E-state index >= 15 is 0 Å². The molecule has 184 valence electrons. The van der Waals surface area contributed by atoms with Crippen molar-refractivity contribution in [3.05, 3.63) is 126 Å². The molecule has 1 N–H and O–H groups in total. The molecular weight excluding hydrogens is 460 g/mol. The quantitative estimate of drug-likeness (QED) is 0.266. The van der Waals surface area contributed by atoms with Crippen molar-refractivity contribution in [1.82, 2.24) is 10.3 Å². The second kappa shape index (κ2) is 11.0. The van der Waals surface area contributed by atoms with Crippen LogP contribution < -0.4 is 14.8 Å². The van der Waals surface area contributed by atoms with E-state index < -0.39 is 0 Å². The minimum Gasteiger partial charge on any atom is -0.497 e. The lowest BCUT2D eigenvalue weighted by Gasteiger charge is -2.20. The largest absolute Gasteiger partial charge is 0.497 e. The first-order chi connectivity index (χ1) is 18.2. The van der Waals surface area contributed by atoms with E-state index in [-0.39, 0.29) is 11.9 Å². The standard InChI is InChI=1S/C32H28N2O3/c1-36-24-17-18-26(31(20-24)37-2)30-21-27(25-15-9-10-16-28(25)33-30)32(35)34-29(23-13-7-4-8-14-23)19-22-11-5-3-6-12-22/h3-18,20-21,29H,19H2,1-2H3,(H,34,35). The van der Waals surface area contributed by atoms with Crippen LogP contribution in [0.5, 0.6) is 11.5 Å². The number of aromatic nitrogens is 1. The Hall–Kier alpha value is -4.64. The zero-order valence-electron chi connectivity index (χ0n) is 20.8. The van der Waals surface area contributed by atoms with Gasteiger partial charge in [0.1, 0.15) is 11.5 Å². The van der Waals surface area contributed by atoms with E-state index in [1.54, 1.807) is 14.2 Å². The van der Waals surface area contributed by atoms with Crippen molar-refractivity contribution >= 4 is 16.8 Å². The molecule has 0 aliphatic carbocycles. The van der Waals surface area contributed by atoms with E-state index in [1.807, 2.05) is 97.1 Å². The predicted octanol–water partition coefficient (Wildman–Crippen LogP) is 6.63. The molecule has 1 aromatic heterocycles. The highest BCUT2D eigenvalue weighted by molar-refractivity contribution is 6.07. The maximum atomic E-state index is 13.9. The lowest BCUT2D eigenvalue weighted by atomic mass is 9.97. The predicted molar refractivity (Wildman–Crippen MR) is 147 cm³/mol. The number of hydrogen-bond donors (Lipinski definition) is 1. The summed E-state index contributed by atoms with van der Waals surface area (Å²) in [5, 5.41) is 4.09. The summed E-state index contributed by atoms with van der Waals surface area (Å²) in [6.07, 6.45) is 0.679. The van der Waals surface area contributed by atoms with Crippen LogP contribution in [0.3, 0.4) is 0 Å². The number of hydrogen-bond acceptors (Lipinski definition) is 4. The summed E-state index contributed by atoms with van der Waals surface area (Å²) in [5.74, 6) is 1.16. The molecular formula is C32H28N2O3. The summed E-state index contributed by atoms with van der Waals surface area (Å²) >= 11 is 0. The number of rotatable bonds is 8. The number of benzene rings is 4. The van der Waals surface area contributed by atoms with Gasteiger partial charge in [-0.3, -0.25) is 4.79 Å². The zero-order valence-corrected chi connectivity index (χ0v) is 20.8. The lowest BCUT2D eigenvalue weighted by Crippen LogP contribution is -2.30. The molecule has 1 amide bonds. The van der Waals surface area contributed by atoms with Crippen molar-refractivity contribution < 1.29 is 14.3 Å². The Morgan fingerprint density at radius 1 is 0.811 bits per heavy atom. The zero-order chi connectivity index (χ0) is 25.6. The lowest BCUT2D eigenvalue weighted by molar-refractivity contribution is 0.0938. The number of pyridine rings is 1. The summed E-state index contributed by atoms with van der Waals surface area (Å²) in [7, 11) is 3.23. The molecule has 4 aromatic carbocycles. The van der Waals surface area contributed by atoms with E-state index in [0.717, 1.165) is 27.6 Å². The van der Waals surface area contributed by atoms with Crippen molar-refractivity contribution in [2.75, 3.05) is 14.2 Å². The molecule has 1 unspecified atom stereocenters. The first-order valence-electron chi connectivity index (χ1n) is 12.2. The van der Waals surface area contributed by atoms with Crippen LogP contribution >= 0.6 is 0 Å². The molecule has 0 spiro atoms. The average Bonchev–Trinajstić information content (AvgIpc) is 2.96. The monoisotopic (exact) mass is 488 g/mol. The Morgan fingerprint density at radius 2 is 1.51 bits per heavy atom. The Kier molecular flexibility index (Phi) is 7.13. The Bertz CT molecular complexity index is 1520. The van der Waals surface area contributed by atoms with Gasteiger partial charge < -0.3 is 14.8 Å². The topological polar surface area (TPSA) is 60.5 Å². The van der Waals surface area contributed by atoms with Crippen LogP contribution in [0.2, 0.25) is 0 Å². The SMILES string of the molecule is COc1ccc(-c2cc(C(=O)NC(Cc3ccccc3)c3ccccc3)c3ccccc3n2)c(OC)c1. The van der Waals surface area contributed by atoms with Gasteiger partial charge >= 0.3 is 0 Å². The van der Waals surface area contributed by atoms with Crippen LogP contribution in [0.15, 0.2) is 109 Å². The number of ether oxygens (including phenoxy) is 2. The smallest absolute Gasteiger partial charge is 0.252 e. The van der Waals surface area contributed by atoms with E-state index in [9.17, 15) is 4.79 Å². The number of carbonyl (C=O) groups excluding carboxylic acids is 1. The van der Waals surface area contributed by atoms with Crippen LogP contribution in [-0.2, 0) is 6.42 Å². The number of fused-ring (bicyclic) bond motifs is 1. The van der Waals surface area contributed by atoms with Gasteiger partial charge in [-0.25, -0.2) is 4.98 Å². The second-order valence-corrected chi connectivity index (χ2v) is 8.76. The minimum atomic E-state index is -0.193. The first kappa shape index (κ1) is 24.1. The number of nitrogens with one attached hydrogen (secondary N) is 1. The highest BCUT2D eigenvalue weighted by Crippen LogP contribution is 2.34. The maximum absolute atomic E-state index is 13.9. The molecule has 1 heterocycles. The molecule has 5 rings (SSSR count). The van der Waals surface area contributed by atoms with Crippen molar-refractivity contribution in [3.63, 3.8) is 0 Å². The van der Waals surface area contributed by atoms with Crippen LogP contribution in [0.25, 0.3) is 22.2 Å². The van der Waals surface area contributed by atoms with E-state index in [1.165, 1.54) is 0 Å². The molecule has 0 aliphatic heterocycles. The normalized spacial score (nSPS) is 11.6. The number of nitrogens with zero attached hydrogens (tertiary/aromatic N) is 1. The molecule has 37 heavy (non-hydrogen) atoms. The summed E-state index contributed by atoms with van der Waals surface area (Å²) in [5.41, 5.74) is 4.94. The molecule has 0 bridgehead atoms. The fourth-order valence-electron chi connectivity index (χ4n) is 4.53. The van der Waals surface area contributed by atoms with Gasteiger partial charge in [-0.15, -0.1) is 0 Å². The Labute approximate surface area is 216 Å². The fraction of sp³-hybridized carbons (Fsp3) is 0.125. The van der Waals surface area contributed by atoms with Crippen LogP contribution in [-0.4, -0.2) is 25.1 Å². The van der Waals surface area contributed by atoms with Crippen molar-refractivity contribution in [1.29, 1.82) is 0 Å². The number of carbonyl (C=O) groups is 1. The highest BCUT2D eigenvalue weighted by atomic mass is 16.5. The highest BCUT2D eigenvalue weighted by Gasteiger charge is 2.20. The summed E-state index contributed by atoms with van der Waals surface area (Å²) in [6.45, 7) is 0. The number of para-hydroxylation sites is 1. The maximum Gasteiger partial charge on any atom is 0.252 e. The number of methoxy groups -OCH3 is 2. The van der Waals surface area contributed by atoms with Crippen molar-refractivity contribution in [2.45, 2.75) is 12.5 Å². The van der Waals surface area contributed by atoms with Gasteiger partial charge in [0.25, 0.3) is 5.91 Å². The van der Waals surface area contributed by atoms with E-state index in [0.29, 0.717) is 29.2 Å².